The molecule has 0 saturated carbocycles. The molecule has 2 aliphatic heterocycles. The van der Waals surface area contributed by atoms with Crippen LogP contribution in [0, 0.1) is 6.92 Å². The number of nitrogens with one attached hydrogen (secondary N) is 1. The minimum Gasteiger partial charge on any atom is -0.352 e. The van der Waals surface area contributed by atoms with Crippen LogP contribution in [0.2, 0.25) is 0 Å². The van der Waals surface area contributed by atoms with Gasteiger partial charge in [0.2, 0.25) is 10.0 Å². The summed E-state index contributed by atoms with van der Waals surface area (Å²) in [5, 5.41) is 2.99. The lowest BCUT2D eigenvalue weighted by Crippen LogP contribution is -2.38. The normalized spacial score (nSPS) is 18.4. The summed E-state index contributed by atoms with van der Waals surface area (Å²) in [6, 6.07) is 13.9. The number of benzene rings is 2. The first-order chi connectivity index (χ1) is 14.9. The number of anilines is 1. The molecule has 1 fully saturated rings. The van der Waals surface area contributed by atoms with Crippen LogP contribution in [0.4, 0.5) is 5.69 Å². The third-order valence-electron chi connectivity index (χ3n) is 6.24. The standard InChI is InChI=1S/C24H31N3O3S/c1-19-9-10-21(17-23(19)27-14-4-5-16-31(27,29)30)24(28)25-12-6-13-26-15-11-20-7-2-3-8-22(20)18-26/h2-3,7-10,17H,4-6,11-16,18H2,1H3,(H,25,28). The highest BCUT2D eigenvalue weighted by molar-refractivity contribution is 7.92. The Morgan fingerprint density at radius 3 is 2.68 bits per heavy atom. The van der Waals surface area contributed by atoms with E-state index in [1.807, 2.05) is 13.0 Å². The van der Waals surface area contributed by atoms with Crippen molar-refractivity contribution in [3.05, 3.63) is 64.7 Å². The van der Waals surface area contributed by atoms with Crippen molar-refractivity contribution in [2.75, 3.05) is 36.2 Å². The summed E-state index contributed by atoms with van der Waals surface area (Å²) >= 11 is 0. The molecule has 0 aliphatic carbocycles. The van der Waals surface area contributed by atoms with Crippen molar-refractivity contribution >= 4 is 21.6 Å². The van der Waals surface area contributed by atoms with Gasteiger partial charge in [0.05, 0.1) is 11.4 Å². The second-order valence-corrected chi connectivity index (χ2v) is 10.5. The first-order valence-electron chi connectivity index (χ1n) is 11.1. The number of sulfonamides is 1. The molecule has 1 amide bonds. The SMILES string of the molecule is Cc1ccc(C(=O)NCCCN2CCc3ccccc3C2)cc1N1CCCCS1(=O)=O. The fourth-order valence-corrected chi connectivity index (χ4v) is 6.12. The molecule has 1 saturated heterocycles. The molecule has 0 spiro atoms. The number of carbonyl (C=O) groups excluding carboxylic acids is 1. The number of hydrogen-bond donors (Lipinski definition) is 1. The van der Waals surface area contributed by atoms with E-state index in [0.29, 0.717) is 30.8 Å². The molecular weight excluding hydrogens is 410 g/mol. The molecule has 0 aromatic heterocycles. The van der Waals surface area contributed by atoms with Crippen LogP contribution in [-0.4, -0.2) is 51.2 Å². The summed E-state index contributed by atoms with van der Waals surface area (Å²) in [6.45, 7) is 5.93. The van der Waals surface area contributed by atoms with E-state index in [-0.39, 0.29) is 11.7 Å². The summed E-state index contributed by atoms with van der Waals surface area (Å²) in [6.07, 6.45) is 3.50. The molecule has 0 radical (unpaired) electrons. The molecule has 166 valence electrons. The lowest BCUT2D eigenvalue weighted by Gasteiger charge is -2.29. The van der Waals surface area contributed by atoms with Gasteiger partial charge in [0.1, 0.15) is 0 Å². The average molecular weight is 442 g/mol. The molecule has 2 aromatic carbocycles. The van der Waals surface area contributed by atoms with Crippen molar-refractivity contribution in [2.24, 2.45) is 0 Å². The first kappa shape index (κ1) is 21.8. The van der Waals surface area contributed by atoms with Gasteiger partial charge in [-0.05, 0) is 61.4 Å². The van der Waals surface area contributed by atoms with Gasteiger partial charge < -0.3 is 5.32 Å². The fraction of sp³-hybridized carbons (Fsp3) is 0.458. The van der Waals surface area contributed by atoms with Gasteiger partial charge in [0, 0.05) is 38.3 Å². The Hall–Kier alpha value is -2.38. The summed E-state index contributed by atoms with van der Waals surface area (Å²) in [5.74, 6) is 0.0174. The minimum atomic E-state index is -3.30. The van der Waals surface area contributed by atoms with E-state index in [4.69, 9.17) is 0 Å². The van der Waals surface area contributed by atoms with Gasteiger partial charge >= 0.3 is 0 Å². The maximum absolute atomic E-state index is 12.7. The van der Waals surface area contributed by atoms with E-state index in [2.05, 4.69) is 34.5 Å². The third kappa shape index (κ3) is 5.10. The Bertz CT molecular complexity index is 1050. The van der Waals surface area contributed by atoms with Crippen molar-refractivity contribution < 1.29 is 13.2 Å². The zero-order chi connectivity index (χ0) is 21.8. The number of amides is 1. The van der Waals surface area contributed by atoms with Crippen LogP contribution in [0.1, 0.15) is 46.3 Å². The monoisotopic (exact) mass is 441 g/mol. The Labute approximate surface area is 185 Å². The minimum absolute atomic E-state index is 0.153. The predicted octanol–water partition coefficient (Wildman–Crippen LogP) is 3.10. The highest BCUT2D eigenvalue weighted by Crippen LogP contribution is 2.28. The van der Waals surface area contributed by atoms with Gasteiger partial charge in [-0.3, -0.25) is 14.0 Å². The van der Waals surface area contributed by atoms with Crippen LogP contribution in [0.3, 0.4) is 0 Å². The second-order valence-electron chi connectivity index (χ2n) is 8.50. The van der Waals surface area contributed by atoms with E-state index in [1.165, 1.54) is 15.4 Å². The van der Waals surface area contributed by atoms with E-state index < -0.39 is 10.0 Å². The number of hydrogen-bond acceptors (Lipinski definition) is 4. The van der Waals surface area contributed by atoms with E-state index in [0.717, 1.165) is 44.5 Å². The molecule has 0 unspecified atom stereocenters. The van der Waals surface area contributed by atoms with Gasteiger partial charge in [-0.25, -0.2) is 8.42 Å². The van der Waals surface area contributed by atoms with Gasteiger partial charge in [-0.15, -0.1) is 0 Å². The van der Waals surface area contributed by atoms with Gasteiger partial charge in [-0.2, -0.15) is 0 Å². The first-order valence-corrected chi connectivity index (χ1v) is 12.7. The second kappa shape index (κ2) is 9.40. The van der Waals surface area contributed by atoms with Crippen LogP contribution in [0.25, 0.3) is 0 Å². The van der Waals surface area contributed by atoms with Crippen molar-refractivity contribution in [2.45, 2.75) is 39.2 Å². The molecule has 7 heteroatoms. The predicted molar refractivity (Wildman–Crippen MR) is 124 cm³/mol. The molecule has 31 heavy (non-hydrogen) atoms. The molecular formula is C24H31N3O3S. The topological polar surface area (TPSA) is 69.7 Å². The van der Waals surface area contributed by atoms with Crippen LogP contribution in [-0.2, 0) is 23.0 Å². The lowest BCUT2D eigenvalue weighted by atomic mass is 10.00. The zero-order valence-electron chi connectivity index (χ0n) is 18.1. The molecule has 0 atom stereocenters. The Morgan fingerprint density at radius 1 is 1.06 bits per heavy atom. The number of nitrogens with zero attached hydrogens (tertiary/aromatic N) is 2. The molecule has 2 aliphatic rings. The lowest BCUT2D eigenvalue weighted by molar-refractivity contribution is 0.0951. The van der Waals surface area contributed by atoms with Crippen molar-refractivity contribution in [3.8, 4) is 0 Å². The average Bonchev–Trinajstić information content (AvgIpc) is 2.77. The maximum atomic E-state index is 12.7. The highest BCUT2D eigenvalue weighted by atomic mass is 32.2. The van der Waals surface area contributed by atoms with E-state index in [1.54, 1.807) is 12.1 Å². The fourth-order valence-electron chi connectivity index (χ4n) is 4.43. The van der Waals surface area contributed by atoms with Crippen LogP contribution >= 0.6 is 0 Å². The summed E-state index contributed by atoms with van der Waals surface area (Å²) in [5.41, 5.74) is 4.84. The number of fused-ring (bicyclic) bond motifs is 1. The van der Waals surface area contributed by atoms with E-state index >= 15 is 0 Å². The van der Waals surface area contributed by atoms with Crippen LogP contribution in [0.5, 0.6) is 0 Å². The smallest absolute Gasteiger partial charge is 0.251 e. The Balaban J connectivity index is 1.31. The van der Waals surface area contributed by atoms with E-state index in [9.17, 15) is 13.2 Å². The summed E-state index contributed by atoms with van der Waals surface area (Å²) in [7, 11) is -3.30. The van der Waals surface area contributed by atoms with Gasteiger partial charge in [0.15, 0.2) is 0 Å². The van der Waals surface area contributed by atoms with Crippen molar-refractivity contribution in [1.29, 1.82) is 0 Å². The number of rotatable bonds is 6. The summed E-state index contributed by atoms with van der Waals surface area (Å²) in [4.78, 5) is 15.1. The Kier molecular flexibility index (Phi) is 6.62. The molecule has 2 aromatic rings. The molecule has 1 N–H and O–H groups in total. The number of carbonyl (C=O) groups is 1. The van der Waals surface area contributed by atoms with Gasteiger partial charge in [0.25, 0.3) is 5.91 Å². The van der Waals surface area contributed by atoms with Gasteiger partial charge in [-0.1, -0.05) is 30.3 Å². The molecule has 4 rings (SSSR count). The largest absolute Gasteiger partial charge is 0.352 e. The molecule has 0 bridgehead atoms. The maximum Gasteiger partial charge on any atom is 0.251 e. The van der Waals surface area contributed by atoms with Crippen molar-refractivity contribution in [1.82, 2.24) is 10.2 Å². The number of aryl methyl sites for hydroxylation is 1. The Morgan fingerprint density at radius 2 is 1.87 bits per heavy atom. The quantitative estimate of drug-likeness (QED) is 0.700. The van der Waals surface area contributed by atoms with Crippen molar-refractivity contribution in [3.63, 3.8) is 0 Å². The zero-order valence-corrected chi connectivity index (χ0v) is 19.0. The highest BCUT2D eigenvalue weighted by Gasteiger charge is 2.27. The molecule has 6 nitrogen and oxygen atoms in total. The third-order valence-corrected chi connectivity index (χ3v) is 8.09. The van der Waals surface area contributed by atoms with Crippen LogP contribution < -0.4 is 9.62 Å². The summed E-state index contributed by atoms with van der Waals surface area (Å²) < 4.78 is 26.4. The van der Waals surface area contributed by atoms with Crippen LogP contribution in [0.15, 0.2) is 42.5 Å². The molecule has 2 heterocycles.